The van der Waals surface area contributed by atoms with E-state index < -0.39 is 0 Å². The molecule has 1 fully saturated rings. The predicted molar refractivity (Wildman–Crippen MR) is 95.7 cm³/mol. The molecule has 0 bridgehead atoms. The van der Waals surface area contributed by atoms with Crippen molar-refractivity contribution in [1.29, 1.82) is 0 Å². The second-order valence-corrected chi connectivity index (χ2v) is 7.28. The summed E-state index contributed by atoms with van der Waals surface area (Å²) in [6.45, 7) is 0.515. The molecule has 3 rings (SSSR count). The number of rotatable bonds is 6. The molecular formula is C19H21FN2O2S. The minimum absolute atomic E-state index is 0.00156. The van der Waals surface area contributed by atoms with Crippen molar-refractivity contribution in [2.75, 3.05) is 13.6 Å². The number of hydrogen-bond donors (Lipinski definition) is 1. The number of benzene rings is 1. The van der Waals surface area contributed by atoms with Gasteiger partial charge in [0.25, 0.3) is 0 Å². The van der Waals surface area contributed by atoms with Crippen molar-refractivity contribution in [3.63, 3.8) is 0 Å². The number of hydrogen-bond acceptors (Lipinski definition) is 3. The predicted octanol–water partition coefficient (Wildman–Crippen LogP) is 3.16. The van der Waals surface area contributed by atoms with Crippen LogP contribution in [-0.4, -0.2) is 30.3 Å². The molecule has 1 N–H and O–H groups in total. The van der Waals surface area contributed by atoms with E-state index in [1.165, 1.54) is 12.1 Å². The third-order valence-electron chi connectivity index (χ3n) is 4.59. The summed E-state index contributed by atoms with van der Waals surface area (Å²) < 4.78 is 13.2. The van der Waals surface area contributed by atoms with Crippen LogP contribution in [-0.2, 0) is 16.0 Å². The lowest BCUT2D eigenvalue weighted by atomic mass is 9.98. The van der Waals surface area contributed by atoms with Gasteiger partial charge in [0.15, 0.2) is 0 Å². The van der Waals surface area contributed by atoms with Crippen LogP contribution < -0.4 is 5.32 Å². The Kier molecular flexibility index (Phi) is 5.48. The second kappa shape index (κ2) is 7.78. The number of thiophene rings is 1. The van der Waals surface area contributed by atoms with E-state index in [1.54, 1.807) is 29.4 Å². The van der Waals surface area contributed by atoms with Crippen LogP contribution in [0.5, 0.6) is 0 Å². The van der Waals surface area contributed by atoms with Gasteiger partial charge in [0.05, 0.1) is 12.0 Å². The SMILES string of the molecule is CN1C(=O)C[C@H](C(=O)NCCCc2cccc(F)c2)[C@@H]1c1cccs1. The maximum atomic E-state index is 13.2. The monoisotopic (exact) mass is 360 g/mol. The normalized spacial score (nSPS) is 20.1. The molecule has 0 saturated carbocycles. The zero-order valence-corrected chi connectivity index (χ0v) is 14.9. The Labute approximate surface area is 150 Å². The summed E-state index contributed by atoms with van der Waals surface area (Å²) in [6, 6.07) is 10.2. The number of nitrogens with one attached hydrogen (secondary N) is 1. The lowest BCUT2D eigenvalue weighted by molar-refractivity contribution is -0.128. The zero-order chi connectivity index (χ0) is 17.8. The topological polar surface area (TPSA) is 49.4 Å². The average molecular weight is 360 g/mol. The van der Waals surface area contributed by atoms with Crippen LogP contribution in [0.15, 0.2) is 41.8 Å². The average Bonchev–Trinajstić information content (AvgIpc) is 3.20. The second-order valence-electron chi connectivity index (χ2n) is 6.30. The molecule has 2 heterocycles. The van der Waals surface area contributed by atoms with Gasteiger partial charge < -0.3 is 10.2 Å². The van der Waals surface area contributed by atoms with Crippen LogP contribution in [0.25, 0.3) is 0 Å². The van der Waals surface area contributed by atoms with Gasteiger partial charge in [-0.15, -0.1) is 11.3 Å². The summed E-state index contributed by atoms with van der Waals surface area (Å²) >= 11 is 1.56. The van der Waals surface area contributed by atoms with Crippen molar-refractivity contribution in [2.24, 2.45) is 5.92 Å². The number of amides is 2. The number of halogens is 1. The van der Waals surface area contributed by atoms with E-state index in [4.69, 9.17) is 0 Å². The minimum atomic E-state index is -0.356. The van der Waals surface area contributed by atoms with Gasteiger partial charge in [0, 0.05) is 24.9 Å². The molecule has 4 nitrogen and oxygen atoms in total. The van der Waals surface area contributed by atoms with Gasteiger partial charge in [0.2, 0.25) is 11.8 Å². The van der Waals surface area contributed by atoms with E-state index >= 15 is 0 Å². The fourth-order valence-corrected chi connectivity index (χ4v) is 4.21. The van der Waals surface area contributed by atoms with Crippen LogP contribution in [0.3, 0.4) is 0 Å². The number of likely N-dealkylation sites (tertiary alicyclic amines) is 1. The van der Waals surface area contributed by atoms with E-state index in [0.717, 1.165) is 16.9 Å². The quantitative estimate of drug-likeness (QED) is 0.805. The highest BCUT2D eigenvalue weighted by molar-refractivity contribution is 7.10. The molecule has 2 aromatic rings. The van der Waals surface area contributed by atoms with Crippen LogP contribution in [0.2, 0.25) is 0 Å². The molecule has 1 aromatic carbocycles. The Morgan fingerprint density at radius 3 is 2.92 bits per heavy atom. The molecule has 0 spiro atoms. The molecule has 1 saturated heterocycles. The molecule has 1 aliphatic rings. The summed E-state index contributed by atoms with van der Waals surface area (Å²) in [7, 11) is 1.75. The van der Waals surface area contributed by atoms with E-state index in [2.05, 4.69) is 5.32 Å². The number of carbonyl (C=O) groups is 2. The maximum absolute atomic E-state index is 13.2. The number of carbonyl (C=O) groups excluding carboxylic acids is 2. The smallest absolute Gasteiger partial charge is 0.226 e. The van der Waals surface area contributed by atoms with E-state index in [-0.39, 0.29) is 36.0 Å². The highest BCUT2D eigenvalue weighted by atomic mass is 32.1. The van der Waals surface area contributed by atoms with Gasteiger partial charge >= 0.3 is 0 Å². The van der Waals surface area contributed by atoms with Crippen molar-refractivity contribution >= 4 is 23.2 Å². The van der Waals surface area contributed by atoms with Gasteiger partial charge in [-0.05, 0) is 42.0 Å². The van der Waals surface area contributed by atoms with Gasteiger partial charge in [-0.1, -0.05) is 18.2 Å². The van der Waals surface area contributed by atoms with Crippen molar-refractivity contribution < 1.29 is 14.0 Å². The third kappa shape index (κ3) is 4.07. The van der Waals surface area contributed by atoms with Gasteiger partial charge in [-0.3, -0.25) is 9.59 Å². The van der Waals surface area contributed by atoms with Gasteiger partial charge in [-0.25, -0.2) is 4.39 Å². The van der Waals surface area contributed by atoms with E-state index in [9.17, 15) is 14.0 Å². The first-order valence-corrected chi connectivity index (χ1v) is 9.25. The van der Waals surface area contributed by atoms with Gasteiger partial charge in [0.1, 0.15) is 5.82 Å². The highest BCUT2D eigenvalue weighted by Gasteiger charge is 2.42. The Bertz CT molecular complexity index is 748. The molecule has 1 aliphatic heterocycles. The summed E-state index contributed by atoms with van der Waals surface area (Å²) in [6.07, 6.45) is 1.68. The maximum Gasteiger partial charge on any atom is 0.226 e. The Morgan fingerprint density at radius 1 is 1.36 bits per heavy atom. The van der Waals surface area contributed by atoms with Crippen molar-refractivity contribution in [3.05, 3.63) is 58.0 Å². The largest absolute Gasteiger partial charge is 0.356 e. The van der Waals surface area contributed by atoms with E-state index in [1.807, 2.05) is 23.6 Å². The molecule has 0 unspecified atom stereocenters. The van der Waals surface area contributed by atoms with Crippen molar-refractivity contribution in [2.45, 2.75) is 25.3 Å². The Balaban J connectivity index is 1.54. The number of nitrogens with zero attached hydrogens (tertiary/aromatic N) is 1. The molecule has 1 aromatic heterocycles. The van der Waals surface area contributed by atoms with Crippen LogP contribution in [0, 0.1) is 11.7 Å². The van der Waals surface area contributed by atoms with E-state index in [0.29, 0.717) is 13.0 Å². The summed E-state index contributed by atoms with van der Waals surface area (Å²) in [5.74, 6) is -0.688. The molecule has 2 amide bonds. The summed E-state index contributed by atoms with van der Waals surface area (Å²) in [5.41, 5.74) is 0.918. The summed E-state index contributed by atoms with van der Waals surface area (Å²) in [4.78, 5) is 27.3. The highest BCUT2D eigenvalue weighted by Crippen LogP contribution is 2.39. The molecular weight excluding hydrogens is 339 g/mol. The first-order valence-electron chi connectivity index (χ1n) is 8.37. The molecule has 6 heteroatoms. The lowest BCUT2D eigenvalue weighted by Gasteiger charge is -2.23. The van der Waals surface area contributed by atoms with Crippen molar-refractivity contribution in [3.8, 4) is 0 Å². The number of aryl methyl sites for hydroxylation is 1. The molecule has 132 valence electrons. The van der Waals surface area contributed by atoms with Crippen LogP contribution in [0.4, 0.5) is 4.39 Å². The first-order chi connectivity index (χ1) is 12.1. The molecule has 25 heavy (non-hydrogen) atoms. The molecule has 0 aliphatic carbocycles. The first kappa shape index (κ1) is 17.6. The third-order valence-corrected chi connectivity index (χ3v) is 5.53. The van der Waals surface area contributed by atoms with Crippen LogP contribution in [0.1, 0.15) is 29.3 Å². The lowest BCUT2D eigenvalue weighted by Crippen LogP contribution is -2.34. The molecule has 0 radical (unpaired) electrons. The fraction of sp³-hybridized carbons (Fsp3) is 0.368. The Morgan fingerprint density at radius 2 is 2.20 bits per heavy atom. The van der Waals surface area contributed by atoms with Crippen molar-refractivity contribution in [1.82, 2.24) is 10.2 Å². The Hall–Kier alpha value is -2.21. The fourth-order valence-electron chi connectivity index (χ4n) is 3.28. The zero-order valence-electron chi connectivity index (χ0n) is 14.1. The summed E-state index contributed by atoms with van der Waals surface area (Å²) in [5, 5.41) is 4.89. The standard InChI is InChI=1S/C19H21FN2O2S/c1-22-17(23)12-15(18(22)16-8-4-10-25-16)19(24)21-9-3-6-13-5-2-7-14(20)11-13/h2,4-5,7-8,10-11,15,18H,3,6,9,12H2,1H3,(H,21,24)/t15-,18+/m0/s1. The van der Waals surface area contributed by atoms with Crippen LogP contribution >= 0.6 is 11.3 Å². The van der Waals surface area contributed by atoms with Gasteiger partial charge in [-0.2, -0.15) is 0 Å². The minimum Gasteiger partial charge on any atom is -0.356 e. The molecule has 2 atom stereocenters.